The van der Waals surface area contributed by atoms with Crippen LogP contribution in [0.2, 0.25) is 0 Å². The Morgan fingerprint density at radius 1 is 1.13 bits per heavy atom. The van der Waals surface area contributed by atoms with Gasteiger partial charge in [0.1, 0.15) is 0 Å². The normalized spacial score (nSPS) is 26.0. The number of likely N-dealkylation sites (tertiary alicyclic amines) is 1. The van der Waals surface area contributed by atoms with Gasteiger partial charge in [0.25, 0.3) is 0 Å². The van der Waals surface area contributed by atoms with Gasteiger partial charge in [-0.1, -0.05) is 13.8 Å². The third-order valence-electron chi connectivity index (χ3n) is 3.28. The molecule has 1 unspecified atom stereocenters. The van der Waals surface area contributed by atoms with Crippen molar-refractivity contribution in [1.29, 1.82) is 0 Å². The predicted octanol–water partition coefficient (Wildman–Crippen LogP) is 2.47. The number of ether oxygens (including phenoxy) is 2. The molecule has 90 valence electrons. The molecule has 1 atom stereocenters. The predicted molar refractivity (Wildman–Crippen MR) is 61.6 cm³/mol. The standard InChI is InChI=1S/C12H25NO2/c1-5-11-9-10-13(6-2)12(11,14-7-3)15-8-4/h11H,5-10H2,1-4H3. The first kappa shape index (κ1) is 12.9. The van der Waals surface area contributed by atoms with Gasteiger partial charge in [0.05, 0.1) is 0 Å². The summed E-state index contributed by atoms with van der Waals surface area (Å²) in [5.41, 5.74) is 0. The highest BCUT2D eigenvalue weighted by Gasteiger charge is 2.49. The fourth-order valence-corrected chi connectivity index (χ4v) is 2.62. The molecule has 0 aliphatic carbocycles. The second-order valence-electron chi connectivity index (χ2n) is 3.97. The summed E-state index contributed by atoms with van der Waals surface area (Å²) in [5, 5.41) is 0. The lowest BCUT2D eigenvalue weighted by molar-refractivity contribution is -0.320. The molecule has 0 spiro atoms. The van der Waals surface area contributed by atoms with Crippen LogP contribution in [0.25, 0.3) is 0 Å². The van der Waals surface area contributed by atoms with Crippen LogP contribution in [-0.2, 0) is 9.47 Å². The average Bonchev–Trinajstić information content (AvgIpc) is 2.57. The van der Waals surface area contributed by atoms with Crippen molar-refractivity contribution in [3.8, 4) is 0 Å². The Balaban J connectivity index is 2.84. The molecule has 0 aromatic rings. The maximum absolute atomic E-state index is 5.94. The third-order valence-corrected chi connectivity index (χ3v) is 3.28. The van der Waals surface area contributed by atoms with Crippen LogP contribution in [0.4, 0.5) is 0 Å². The summed E-state index contributed by atoms with van der Waals surface area (Å²) in [6.45, 7) is 12.0. The molecule has 0 N–H and O–H groups in total. The van der Waals surface area contributed by atoms with Crippen LogP contribution in [0, 0.1) is 5.92 Å². The van der Waals surface area contributed by atoms with Gasteiger partial charge in [-0.15, -0.1) is 0 Å². The van der Waals surface area contributed by atoms with Crippen molar-refractivity contribution in [2.45, 2.75) is 46.4 Å². The van der Waals surface area contributed by atoms with Gasteiger partial charge in [0.15, 0.2) is 0 Å². The van der Waals surface area contributed by atoms with Crippen molar-refractivity contribution in [3.05, 3.63) is 0 Å². The molecule has 3 nitrogen and oxygen atoms in total. The minimum absolute atomic E-state index is 0.437. The van der Waals surface area contributed by atoms with Crippen molar-refractivity contribution < 1.29 is 9.47 Å². The minimum Gasteiger partial charge on any atom is -0.337 e. The van der Waals surface area contributed by atoms with Crippen LogP contribution in [0.3, 0.4) is 0 Å². The maximum Gasteiger partial charge on any atom is 0.232 e. The van der Waals surface area contributed by atoms with Crippen molar-refractivity contribution in [1.82, 2.24) is 4.90 Å². The number of rotatable bonds is 6. The molecule has 1 saturated heterocycles. The highest BCUT2D eigenvalue weighted by Crippen LogP contribution is 2.38. The zero-order valence-corrected chi connectivity index (χ0v) is 10.6. The molecule has 0 radical (unpaired) electrons. The first-order valence-electron chi connectivity index (χ1n) is 6.28. The molecule has 3 heteroatoms. The molecule has 0 bridgehead atoms. The molecule has 0 aromatic carbocycles. The molecular formula is C12H25NO2. The quantitative estimate of drug-likeness (QED) is 0.635. The fourth-order valence-electron chi connectivity index (χ4n) is 2.62. The second kappa shape index (κ2) is 5.83. The molecule has 1 aliphatic rings. The zero-order valence-electron chi connectivity index (χ0n) is 10.6. The Morgan fingerprint density at radius 3 is 2.13 bits per heavy atom. The van der Waals surface area contributed by atoms with E-state index in [1.54, 1.807) is 0 Å². The highest BCUT2D eigenvalue weighted by molar-refractivity contribution is 4.87. The Bertz CT molecular complexity index is 164. The fraction of sp³-hybridized carbons (Fsp3) is 1.00. The van der Waals surface area contributed by atoms with Gasteiger partial charge in [-0.2, -0.15) is 0 Å². The van der Waals surface area contributed by atoms with E-state index < -0.39 is 5.91 Å². The summed E-state index contributed by atoms with van der Waals surface area (Å²) in [7, 11) is 0. The van der Waals surface area contributed by atoms with Gasteiger partial charge in [0, 0.05) is 32.2 Å². The smallest absolute Gasteiger partial charge is 0.232 e. The molecule has 1 fully saturated rings. The lowest BCUT2D eigenvalue weighted by Crippen LogP contribution is -2.52. The van der Waals surface area contributed by atoms with E-state index in [4.69, 9.17) is 9.47 Å². The highest BCUT2D eigenvalue weighted by atomic mass is 16.7. The molecule has 15 heavy (non-hydrogen) atoms. The summed E-state index contributed by atoms with van der Waals surface area (Å²) in [4.78, 5) is 2.33. The van der Waals surface area contributed by atoms with Crippen LogP contribution in [-0.4, -0.2) is 37.1 Å². The Hall–Kier alpha value is -0.120. The monoisotopic (exact) mass is 215 g/mol. The van der Waals surface area contributed by atoms with Crippen molar-refractivity contribution in [2.24, 2.45) is 5.92 Å². The van der Waals surface area contributed by atoms with Crippen molar-refractivity contribution in [2.75, 3.05) is 26.3 Å². The summed E-state index contributed by atoms with van der Waals surface area (Å²) in [6.07, 6.45) is 2.31. The number of nitrogens with zero attached hydrogens (tertiary/aromatic N) is 1. The lowest BCUT2D eigenvalue weighted by Gasteiger charge is -2.40. The van der Waals surface area contributed by atoms with Gasteiger partial charge in [-0.25, -0.2) is 0 Å². The van der Waals surface area contributed by atoms with Gasteiger partial charge in [0.2, 0.25) is 5.91 Å². The van der Waals surface area contributed by atoms with Crippen LogP contribution in [0.15, 0.2) is 0 Å². The number of hydrogen-bond acceptors (Lipinski definition) is 3. The van der Waals surface area contributed by atoms with Gasteiger partial charge >= 0.3 is 0 Å². The third kappa shape index (κ3) is 2.35. The SMILES string of the molecule is CCOC1(OCC)C(CC)CCN1CC. The first-order chi connectivity index (χ1) is 7.25. The maximum atomic E-state index is 5.94. The summed E-state index contributed by atoms with van der Waals surface area (Å²) >= 11 is 0. The number of hydrogen-bond donors (Lipinski definition) is 0. The van der Waals surface area contributed by atoms with E-state index >= 15 is 0 Å². The Kier molecular flexibility index (Phi) is 5.03. The largest absolute Gasteiger partial charge is 0.337 e. The van der Waals surface area contributed by atoms with Gasteiger partial charge in [-0.3, -0.25) is 4.90 Å². The average molecular weight is 215 g/mol. The van der Waals surface area contributed by atoms with Crippen LogP contribution >= 0.6 is 0 Å². The molecule has 1 heterocycles. The van der Waals surface area contributed by atoms with E-state index in [0.29, 0.717) is 19.1 Å². The van der Waals surface area contributed by atoms with E-state index in [2.05, 4.69) is 18.7 Å². The second-order valence-corrected chi connectivity index (χ2v) is 3.97. The van der Waals surface area contributed by atoms with Gasteiger partial charge in [-0.05, 0) is 26.7 Å². The first-order valence-corrected chi connectivity index (χ1v) is 6.28. The lowest BCUT2D eigenvalue weighted by atomic mass is 10.0. The summed E-state index contributed by atoms with van der Waals surface area (Å²) < 4.78 is 11.9. The molecule has 1 rings (SSSR count). The van der Waals surface area contributed by atoms with E-state index in [-0.39, 0.29) is 0 Å². The zero-order chi connectivity index (χ0) is 11.3. The van der Waals surface area contributed by atoms with E-state index in [9.17, 15) is 0 Å². The molecule has 0 aromatic heterocycles. The molecule has 0 amide bonds. The Morgan fingerprint density at radius 2 is 1.73 bits per heavy atom. The molecule has 1 aliphatic heterocycles. The van der Waals surface area contributed by atoms with Crippen molar-refractivity contribution in [3.63, 3.8) is 0 Å². The van der Waals surface area contributed by atoms with E-state index in [1.807, 2.05) is 13.8 Å². The molecule has 0 saturated carbocycles. The minimum atomic E-state index is -0.437. The van der Waals surface area contributed by atoms with E-state index in [1.165, 1.54) is 6.42 Å². The summed E-state index contributed by atoms with van der Waals surface area (Å²) in [6, 6.07) is 0. The van der Waals surface area contributed by atoms with Crippen molar-refractivity contribution >= 4 is 0 Å². The molecular weight excluding hydrogens is 190 g/mol. The Labute approximate surface area is 93.7 Å². The van der Waals surface area contributed by atoms with Crippen LogP contribution < -0.4 is 0 Å². The van der Waals surface area contributed by atoms with Gasteiger partial charge < -0.3 is 9.47 Å². The van der Waals surface area contributed by atoms with Crippen LogP contribution in [0.1, 0.15) is 40.5 Å². The summed E-state index contributed by atoms with van der Waals surface area (Å²) in [5.74, 6) is 0.0739. The topological polar surface area (TPSA) is 21.7 Å². The van der Waals surface area contributed by atoms with Crippen LogP contribution in [0.5, 0.6) is 0 Å². The van der Waals surface area contributed by atoms with E-state index in [0.717, 1.165) is 19.5 Å².